The van der Waals surface area contributed by atoms with Crippen molar-refractivity contribution in [2.75, 3.05) is 68.9 Å². The Hall–Kier alpha value is -6.00. The van der Waals surface area contributed by atoms with Gasteiger partial charge in [0.1, 0.15) is 17.2 Å². The molecule has 0 atom stereocenters. The molecule has 2 aliphatic heterocycles. The third kappa shape index (κ3) is 10.1. The molecule has 0 aliphatic carbocycles. The van der Waals surface area contributed by atoms with Crippen molar-refractivity contribution in [3.63, 3.8) is 0 Å². The minimum Gasteiger partial charge on any atom is -0.456 e. The molecule has 2 aliphatic rings. The zero-order chi connectivity index (χ0) is 42.4. The summed E-state index contributed by atoms with van der Waals surface area (Å²) in [5.41, 5.74) is 5.23. The molecule has 0 radical (unpaired) electrons. The quantitative estimate of drug-likeness (QED) is 0.0546. The number of nitrogens with zero attached hydrogens (tertiary/aromatic N) is 4. The number of carbonyl (C=O) groups excluding carboxylic acids is 2. The summed E-state index contributed by atoms with van der Waals surface area (Å²) >= 11 is 6.15. The Kier molecular flexibility index (Phi) is 13.0. The average Bonchev–Trinajstić information content (AvgIpc) is 3.23. The molecule has 5 aromatic rings. The number of halogens is 1. The third-order valence-electron chi connectivity index (χ3n) is 10.5. The predicted molar refractivity (Wildman–Crippen MR) is 234 cm³/mol. The first-order valence-corrected chi connectivity index (χ1v) is 21.5. The molecule has 0 aromatic heterocycles. The molecule has 1 fully saturated rings. The first kappa shape index (κ1) is 42.1. The molecule has 60 heavy (non-hydrogen) atoms. The van der Waals surface area contributed by atoms with Crippen molar-refractivity contribution in [2.24, 2.45) is 0 Å². The number of fused-ring (bicyclic) bond motifs is 1. The van der Waals surface area contributed by atoms with E-state index >= 15 is 0 Å². The number of hydrogen-bond donors (Lipinski definition) is 3. The minimum absolute atomic E-state index is 0.0640. The number of nitro groups is 1. The van der Waals surface area contributed by atoms with Crippen LogP contribution < -0.4 is 25.0 Å². The molecule has 312 valence electrons. The Morgan fingerprint density at radius 1 is 0.917 bits per heavy atom. The van der Waals surface area contributed by atoms with Gasteiger partial charge < -0.3 is 25.2 Å². The molecule has 2 heterocycles. The van der Waals surface area contributed by atoms with Gasteiger partial charge in [-0.05, 0) is 98.7 Å². The number of hydrogen-bond acceptors (Lipinski definition) is 11. The number of amides is 2. The smallest absolute Gasteiger partial charge is 0.293 e. The van der Waals surface area contributed by atoms with Gasteiger partial charge in [-0.25, -0.2) is 13.1 Å². The number of benzene rings is 5. The number of rotatable bonds is 15. The van der Waals surface area contributed by atoms with Crippen LogP contribution in [0.5, 0.6) is 11.5 Å². The van der Waals surface area contributed by atoms with Gasteiger partial charge in [-0.3, -0.25) is 24.6 Å². The van der Waals surface area contributed by atoms with Crippen molar-refractivity contribution in [3.05, 3.63) is 135 Å². The SMILES string of the molecule is CN(C)CCCNc1ccc(S(=O)(=O)NC(=O)c2ccc(N3CCN(Cc4ccccc4-c4ccc(Cl)cc4)CC3)cc2Oc2cccc3c2CCC(=O)N3)cc1[N+](=O)[O-]. The molecule has 0 bridgehead atoms. The van der Waals surface area contributed by atoms with E-state index in [0.29, 0.717) is 48.9 Å². The predicted octanol–water partition coefficient (Wildman–Crippen LogP) is 7.40. The summed E-state index contributed by atoms with van der Waals surface area (Å²) in [4.78, 5) is 43.5. The van der Waals surface area contributed by atoms with Gasteiger partial charge in [-0.1, -0.05) is 54.1 Å². The molecule has 7 rings (SSSR count). The van der Waals surface area contributed by atoms with Crippen LogP contribution in [0.4, 0.5) is 22.7 Å². The van der Waals surface area contributed by atoms with E-state index in [0.717, 1.165) is 54.6 Å². The average molecular weight is 852 g/mol. The number of nitrogens with one attached hydrogen (secondary N) is 3. The summed E-state index contributed by atoms with van der Waals surface area (Å²) in [5.74, 6) is -0.580. The summed E-state index contributed by atoms with van der Waals surface area (Å²) in [5, 5.41) is 18.5. The van der Waals surface area contributed by atoms with E-state index < -0.39 is 31.4 Å². The normalized spacial score (nSPS) is 14.3. The maximum atomic E-state index is 13.9. The van der Waals surface area contributed by atoms with Crippen molar-refractivity contribution < 1.29 is 27.7 Å². The Bertz CT molecular complexity index is 2510. The first-order chi connectivity index (χ1) is 28.8. The van der Waals surface area contributed by atoms with Gasteiger partial charge in [0, 0.05) is 79.8 Å². The van der Waals surface area contributed by atoms with Crippen molar-refractivity contribution >= 4 is 56.2 Å². The van der Waals surface area contributed by atoms with Crippen LogP contribution in [0.3, 0.4) is 0 Å². The lowest BCUT2D eigenvalue weighted by molar-refractivity contribution is -0.384. The Morgan fingerprint density at radius 2 is 1.68 bits per heavy atom. The summed E-state index contributed by atoms with van der Waals surface area (Å²) < 4.78 is 35.8. The number of sulfonamides is 1. The highest BCUT2D eigenvalue weighted by molar-refractivity contribution is 7.90. The second-order valence-electron chi connectivity index (χ2n) is 15.0. The fraction of sp³-hybridized carbons (Fsp3) is 0.273. The van der Waals surface area contributed by atoms with Crippen molar-refractivity contribution in [2.45, 2.75) is 30.7 Å². The first-order valence-electron chi connectivity index (χ1n) is 19.6. The zero-order valence-corrected chi connectivity index (χ0v) is 34.9. The molecule has 1 saturated heterocycles. The lowest BCUT2D eigenvalue weighted by Gasteiger charge is -2.36. The molecule has 5 aromatic carbocycles. The van der Waals surface area contributed by atoms with Crippen LogP contribution in [0, 0.1) is 10.1 Å². The second-order valence-corrected chi connectivity index (χ2v) is 17.1. The van der Waals surface area contributed by atoms with Crippen molar-refractivity contribution in [1.29, 1.82) is 0 Å². The Morgan fingerprint density at radius 3 is 2.43 bits per heavy atom. The highest BCUT2D eigenvalue weighted by atomic mass is 35.5. The molecule has 0 unspecified atom stereocenters. The molecular weight excluding hydrogens is 806 g/mol. The Balaban J connectivity index is 1.12. The standard InChI is InChI=1S/C44H46ClN7O7S/c1-49(2)22-6-21-46-39-19-16-34(28-40(39)52(55)56)60(57,58)48-44(54)37-17-15-33(27-42(37)59-41-10-5-9-38-36(41)18-20-43(53)47-38)51-25-23-50(24-26-51)29-31-7-3-4-8-35(31)30-11-13-32(45)14-12-30/h3-5,7-17,19,27-28,46H,6,18,20-26,29H2,1-2H3,(H,47,53)(H,48,54). The summed E-state index contributed by atoms with van der Waals surface area (Å²) in [6.45, 7) is 4.81. The van der Waals surface area contributed by atoms with Crippen molar-refractivity contribution in [1.82, 2.24) is 14.5 Å². The van der Waals surface area contributed by atoms with E-state index in [1.807, 2.05) is 55.4 Å². The van der Waals surface area contributed by atoms with Gasteiger partial charge in [0.15, 0.2) is 0 Å². The van der Waals surface area contributed by atoms with Gasteiger partial charge in [-0.2, -0.15) is 0 Å². The van der Waals surface area contributed by atoms with Crippen LogP contribution in [0.1, 0.15) is 34.3 Å². The van der Waals surface area contributed by atoms with E-state index in [1.165, 1.54) is 23.8 Å². The fourth-order valence-corrected chi connectivity index (χ4v) is 8.51. The van der Waals surface area contributed by atoms with E-state index in [4.69, 9.17) is 16.3 Å². The molecule has 14 nitrogen and oxygen atoms in total. The van der Waals surface area contributed by atoms with Gasteiger partial charge in [-0.15, -0.1) is 0 Å². The number of anilines is 3. The van der Waals surface area contributed by atoms with Crippen LogP contribution in [-0.4, -0.2) is 88.3 Å². The van der Waals surface area contributed by atoms with E-state index in [-0.39, 0.29) is 29.3 Å². The highest BCUT2D eigenvalue weighted by Gasteiger charge is 2.28. The lowest BCUT2D eigenvalue weighted by Crippen LogP contribution is -2.46. The van der Waals surface area contributed by atoms with Gasteiger partial charge >= 0.3 is 0 Å². The van der Waals surface area contributed by atoms with E-state index in [9.17, 15) is 28.1 Å². The zero-order valence-electron chi connectivity index (χ0n) is 33.3. The van der Waals surface area contributed by atoms with Gasteiger partial charge in [0.05, 0.1) is 15.4 Å². The number of nitro benzene ring substituents is 1. The maximum absolute atomic E-state index is 13.9. The van der Waals surface area contributed by atoms with Gasteiger partial charge in [0.2, 0.25) is 5.91 Å². The molecule has 2 amide bonds. The fourth-order valence-electron chi connectivity index (χ4n) is 7.39. The molecular formula is C44H46ClN7O7S. The summed E-state index contributed by atoms with van der Waals surface area (Å²) in [6.07, 6.45) is 1.38. The van der Waals surface area contributed by atoms with Crippen LogP contribution in [0.15, 0.2) is 108 Å². The summed E-state index contributed by atoms with van der Waals surface area (Å²) in [6, 6.07) is 29.9. The van der Waals surface area contributed by atoms with E-state index in [2.05, 4.69) is 37.3 Å². The summed E-state index contributed by atoms with van der Waals surface area (Å²) in [7, 11) is -0.736. The Labute approximate surface area is 354 Å². The van der Waals surface area contributed by atoms with Crippen molar-refractivity contribution in [3.8, 4) is 22.6 Å². The molecule has 3 N–H and O–H groups in total. The van der Waals surface area contributed by atoms with Crippen LogP contribution in [0.25, 0.3) is 11.1 Å². The molecule has 0 saturated carbocycles. The monoisotopic (exact) mass is 851 g/mol. The maximum Gasteiger partial charge on any atom is 0.293 e. The largest absolute Gasteiger partial charge is 0.456 e. The topological polar surface area (TPSA) is 166 Å². The number of ether oxygens (including phenoxy) is 1. The van der Waals surface area contributed by atoms with Crippen LogP contribution in [0.2, 0.25) is 5.02 Å². The number of carbonyl (C=O) groups is 2. The second kappa shape index (κ2) is 18.5. The van der Waals surface area contributed by atoms with Crippen LogP contribution >= 0.6 is 11.6 Å². The van der Waals surface area contributed by atoms with E-state index in [1.54, 1.807) is 30.3 Å². The third-order valence-corrected chi connectivity index (χ3v) is 12.1. The lowest BCUT2D eigenvalue weighted by atomic mass is 9.99. The molecule has 16 heteroatoms. The van der Waals surface area contributed by atoms with Crippen LogP contribution in [-0.2, 0) is 27.8 Å². The highest BCUT2D eigenvalue weighted by Crippen LogP contribution is 2.37. The molecule has 0 spiro atoms. The number of piperazine rings is 1. The minimum atomic E-state index is -4.58. The van der Waals surface area contributed by atoms with Gasteiger partial charge in [0.25, 0.3) is 21.6 Å².